The molecular formula is C25H25N3O6. The molecule has 0 amide bonds. The lowest BCUT2D eigenvalue weighted by atomic mass is 9.86. The Bertz CT molecular complexity index is 1440. The van der Waals surface area contributed by atoms with Crippen LogP contribution >= 0.6 is 0 Å². The first-order chi connectivity index (χ1) is 16.3. The Morgan fingerprint density at radius 1 is 1.18 bits per heavy atom. The van der Waals surface area contributed by atoms with E-state index in [4.69, 9.17) is 24.9 Å². The lowest BCUT2D eigenvalue weighted by Crippen LogP contribution is -2.44. The number of hydrogen-bond donors (Lipinski definition) is 2. The topological polar surface area (TPSA) is 126 Å². The summed E-state index contributed by atoms with van der Waals surface area (Å²) in [4.78, 5) is 30.8. The first-order valence-corrected chi connectivity index (χ1v) is 11.5. The molecule has 1 aromatic carbocycles. The Morgan fingerprint density at radius 3 is 2.68 bits per heavy atom. The summed E-state index contributed by atoms with van der Waals surface area (Å²) in [5, 5.41) is 12.0. The second-order valence-corrected chi connectivity index (χ2v) is 9.26. The molecule has 0 unspecified atom stereocenters. The summed E-state index contributed by atoms with van der Waals surface area (Å²) < 4.78 is 18.0. The number of esters is 1. The predicted molar refractivity (Wildman–Crippen MR) is 123 cm³/mol. The highest BCUT2D eigenvalue weighted by Gasteiger charge is 2.45. The molecule has 3 aliphatic rings. The molecule has 3 aliphatic heterocycles. The molecule has 5 heterocycles. The summed E-state index contributed by atoms with van der Waals surface area (Å²) >= 11 is 0. The molecule has 0 spiro atoms. The molecule has 0 saturated heterocycles. The van der Waals surface area contributed by atoms with Crippen molar-refractivity contribution in [2.45, 2.75) is 57.9 Å². The van der Waals surface area contributed by atoms with E-state index in [2.05, 4.69) is 0 Å². The van der Waals surface area contributed by atoms with Gasteiger partial charge in [-0.2, -0.15) is 0 Å². The van der Waals surface area contributed by atoms with Gasteiger partial charge in [-0.3, -0.25) is 4.79 Å². The number of carbonyl (C=O) groups excluding carboxylic acids is 1. The average molecular weight is 463 g/mol. The van der Waals surface area contributed by atoms with E-state index >= 15 is 0 Å². The summed E-state index contributed by atoms with van der Waals surface area (Å²) in [6, 6.07) is 5.54. The molecule has 0 radical (unpaired) electrons. The summed E-state index contributed by atoms with van der Waals surface area (Å²) in [7, 11) is 0. The van der Waals surface area contributed by atoms with Crippen molar-refractivity contribution in [1.82, 2.24) is 9.55 Å². The van der Waals surface area contributed by atoms with Crippen molar-refractivity contribution >= 4 is 16.9 Å². The number of aliphatic hydroxyl groups is 1. The van der Waals surface area contributed by atoms with E-state index < -0.39 is 11.6 Å². The number of aromatic nitrogens is 2. The van der Waals surface area contributed by atoms with Crippen molar-refractivity contribution in [3.63, 3.8) is 0 Å². The van der Waals surface area contributed by atoms with E-state index in [9.17, 15) is 14.7 Å². The molecule has 0 aliphatic carbocycles. The van der Waals surface area contributed by atoms with Crippen molar-refractivity contribution in [2.24, 2.45) is 5.73 Å². The van der Waals surface area contributed by atoms with Gasteiger partial charge < -0.3 is 29.6 Å². The van der Waals surface area contributed by atoms with Gasteiger partial charge in [0.2, 0.25) is 6.79 Å². The van der Waals surface area contributed by atoms with E-state index in [0.29, 0.717) is 47.0 Å². The van der Waals surface area contributed by atoms with Gasteiger partial charge >= 0.3 is 5.97 Å². The predicted octanol–water partition coefficient (Wildman–Crippen LogP) is 2.09. The maximum atomic E-state index is 13.5. The van der Waals surface area contributed by atoms with Crippen LogP contribution in [0.25, 0.3) is 22.3 Å². The minimum atomic E-state index is -1.86. The van der Waals surface area contributed by atoms with Crippen molar-refractivity contribution in [3.8, 4) is 22.9 Å². The van der Waals surface area contributed by atoms with Crippen LogP contribution in [0.15, 0.2) is 23.0 Å². The van der Waals surface area contributed by atoms with E-state index in [1.54, 1.807) is 17.6 Å². The van der Waals surface area contributed by atoms with Gasteiger partial charge in [-0.1, -0.05) is 6.92 Å². The fourth-order valence-electron chi connectivity index (χ4n) is 5.21. The van der Waals surface area contributed by atoms with Crippen LogP contribution in [0.3, 0.4) is 0 Å². The highest BCUT2D eigenvalue weighted by atomic mass is 16.7. The number of cyclic esters (lactones) is 1. The normalized spacial score (nSPS) is 20.6. The Morgan fingerprint density at radius 2 is 1.94 bits per heavy atom. The highest BCUT2D eigenvalue weighted by molar-refractivity contribution is 5.91. The standard InChI is InChI=1S/C25H25N3O6/c1-3-25(31)17-7-19-22-15(9-28(19)23(29)16(17)10-32-24(25)30)13(5-4-12(2)26)14-6-20-21(34-11-33-20)8-18(14)27-22/h6-8,12,31H,3-5,9-11,26H2,1-2H3/t12-,25+/m1/s1. The van der Waals surface area contributed by atoms with E-state index in [1.807, 2.05) is 19.1 Å². The maximum Gasteiger partial charge on any atom is 0.343 e. The maximum absolute atomic E-state index is 13.5. The molecule has 0 bridgehead atoms. The van der Waals surface area contributed by atoms with Gasteiger partial charge in [-0.05, 0) is 43.9 Å². The van der Waals surface area contributed by atoms with Crippen molar-refractivity contribution in [3.05, 3.63) is 50.8 Å². The lowest BCUT2D eigenvalue weighted by Gasteiger charge is -2.31. The SMILES string of the molecule is CC[C@@]1(O)C(=O)OCc2c1cc1n(c2=O)Cc2c-1nc1cc3c(cc1c2CC[C@@H](C)N)OCO3. The largest absolute Gasteiger partial charge is 0.458 e. The number of fused-ring (bicyclic) bond motifs is 6. The van der Waals surface area contributed by atoms with Gasteiger partial charge in [-0.15, -0.1) is 0 Å². The lowest BCUT2D eigenvalue weighted by molar-refractivity contribution is -0.172. The second kappa shape index (κ2) is 7.28. The quantitative estimate of drug-likeness (QED) is 0.441. The average Bonchev–Trinajstić information content (AvgIpc) is 3.42. The number of hydrogen-bond acceptors (Lipinski definition) is 8. The van der Waals surface area contributed by atoms with Crippen molar-refractivity contribution < 1.29 is 24.1 Å². The minimum absolute atomic E-state index is 0.00871. The fourth-order valence-corrected chi connectivity index (χ4v) is 5.21. The molecular weight excluding hydrogens is 438 g/mol. The van der Waals surface area contributed by atoms with Crippen LogP contribution in [0.2, 0.25) is 0 Å². The first kappa shape index (κ1) is 21.1. The van der Waals surface area contributed by atoms with Gasteiger partial charge in [0.15, 0.2) is 17.1 Å². The van der Waals surface area contributed by atoms with Crippen molar-refractivity contribution in [1.29, 1.82) is 0 Å². The number of aryl methyl sites for hydroxylation is 1. The Labute approximate surface area is 195 Å². The number of pyridine rings is 2. The molecule has 3 N–H and O–H groups in total. The monoisotopic (exact) mass is 463 g/mol. The molecule has 34 heavy (non-hydrogen) atoms. The van der Waals surface area contributed by atoms with E-state index in [-0.39, 0.29) is 31.4 Å². The summed E-state index contributed by atoms with van der Waals surface area (Å²) in [6.45, 7) is 4.02. The smallest absolute Gasteiger partial charge is 0.343 e. The van der Waals surface area contributed by atoms with Gasteiger partial charge in [0.05, 0.1) is 29.0 Å². The second-order valence-electron chi connectivity index (χ2n) is 9.26. The third-order valence-corrected chi connectivity index (χ3v) is 7.15. The molecule has 3 aromatic rings. The minimum Gasteiger partial charge on any atom is -0.458 e. The summed E-state index contributed by atoms with van der Waals surface area (Å²) in [5.74, 6) is 0.562. The van der Waals surface area contributed by atoms with Crippen LogP contribution < -0.4 is 20.8 Å². The first-order valence-electron chi connectivity index (χ1n) is 11.5. The van der Waals surface area contributed by atoms with Crippen molar-refractivity contribution in [2.75, 3.05) is 6.79 Å². The zero-order valence-electron chi connectivity index (χ0n) is 19.0. The van der Waals surface area contributed by atoms with Crippen LogP contribution in [0.5, 0.6) is 11.5 Å². The molecule has 2 aromatic heterocycles. The molecule has 9 heteroatoms. The van der Waals surface area contributed by atoms with Crippen LogP contribution in [0, 0.1) is 0 Å². The Hall–Kier alpha value is -3.43. The van der Waals surface area contributed by atoms with Gasteiger partial charge in [0.1, 0.15) is 6.61 Å². The molecule has 6 rings (SSSR count). The third kappa shape index (κ3) is 2.83. The number of benzene rings is 1. The number of carbonyl (C=O) groups is 1. The summed E-state index contributed by atoms with van der Waals surface area (Å²) in [6.07, 6.45) is 1.57. The van der Waals surface area contributed by atoms with Crippen LogP contribution in [0.1, 0.15) is 48.9 Å². The Kier molecular flexibility index (Phi) is 4.53. The highest BCUT2D eigenvalue weighted by Crippen LogP contribution is 2.43. The molecule has 9 nitrogen and oxygen atoms in total. The van der Waals surface area contributed by atoms with E-state index in [1.165, 1.54) is 0 Å². The van der Waals surface area contributed by atoms with E-state index in [0.717, 1.165) is 28.5 Å². The van der Waals surface area contributed by atoms with Gasteiger partial charge in [0.25, 0.3) is 5.56 Å². The molecule has 0 saturated carbocycles. The van der Waals surface area contributed by atoms with Crippen LogP contribution in [0.4, 0.5) is 0 Å². The van der Waals surface area contributed by atoms with Crippen LogP contribution in [-0.4, -0.2) is 33.5 Å². The molecule has 176 valence electrons. The van der Waals surface area contributed by atoms with Gasteiger partial charge in [-0.25, -0.2) is 9.78 Å². The molecule has 2 atom stereocenters. The fraction of sp³-hybridized carbons (Fsp3) is 0.400. The van der Waals surface area contributed by atoms with Gasteiger partial charge in [0, 0.05) is 28.6 Å². The zero-order valence-corrected chi connectivity index (χ0v) is 19.0. The number of nitrogens with zero attached hydrogens (tertiary/aromatic N) is 2. The number of rotatable bonds is 4. The Balaban J connectivity index is 1.62. The third-order valence-electron chi connectivity index (χ3n) is 7.15. The van der Waals surface area contributed by atoms with Crippen LogP contribution in [-0.2, 0) is 34.7 Å². The molecule has 0 fully saturated rings. The number of nitrogens with two attached hydrogens (primary N) is 1. The summed E-state index contributed by atoms with van der Waals surface area (Å²) in [5.41, 5.74) is 8.55. The zero-order chi connectivity index (χ0) is 23.8. The number of ether oxygens (including phenoxy) is 3.